The molecule has 0 bridgehead atoms. The molecular formula is C24H22N4O4S2. The molecule has 0 saturated carbocycles. The van der Waals surface area contributed by atoms with Crippen LogP contribution in [0.2, 0.25) is 0 Å². The van der Waals surface area contributed by atoms with Gasteiger partial charge in [-0.05, 0) is 41.8 Å². The van der Waals surface area contributed by atoms with Gasteiger partial charge in [0.2, 0.25) is 0 Å². The number of amides is 1. The van der Waals surface area contributed by atoms with Gasteiger partial charge in [-0.15, -0.1) is 11.3 Å². The molecule has 1 aliphatic rings. The third-order valence-electron chi connectivity index (χ3n) is 5.57. The van der Waals surface area contributed by atoms with Crippen LogP contribution >= 0.6 is 11.3 Å². The molecule has 5 rings (SSSR count). The second-order valence-corrected chi connectivity index (χ2v) is 10.5. The van der Waals surface area contributed by atoms with Crippen LogP contribution in [0, 0.1) is 0 Å². The molecule has 34 heavy (non-hydrogen) atoms. The summed E-state index contributed by atoms with van der Waals surface area (Å²) >= 11 is 1.11. The van der Waals surface area contributed by atoms with Crippen LogP contribution in [0.3, 0.4) is 0 Å². The summed E-state index contributed by atoms with van der Waals surface area (Å²) in [6.07, 6.45) is 3.45. The van der Waals surface area contributed by atoms with E-state index in [4.69, 9.17) is 4.74 Å². The topological polar surface area (TPSA) is 101 Å². The second-order valence-electron chi connectivity index (χ2n) is 7.69. The number of carbonyl (C=O) groups excluding carboxylic acids is 1. The number of anilines is 3. The molecule has 0 aliphatic carbocycles. The van der Waals surface area contributed by atoms with Crippen LogP contribution in [-0.2, 0) is 14.8 Å². The molecule has 2 aromatic carbocycles. The summed E-state index contributed by atoms with van der Waals surface area (Å²) < 4.78 is 33.6. The van der Waals surface area contributed by atoms with E-state index >= 15 is 0 Å². The van der Waals surface area contributed by atoms with Crippen LogP contribution in [0.25, 0.3) is 10.8 Å². The number of fused-ring (bicyclic) bond motifs is 1. The van der Waals surface area contributed by atoms with E-state index in [-0.39, 0.29) is 15.5 Å². The van der Waals surface area contributed by atoms with Crippen molar-refractivity contribution in [1.82, 2.24) is 4.98 Å². The van der Waals surface area contributed by atoms with E-state index in [0.717, 1.165) is 40.9 Å². The molecule has 174 valence electrons. The fraction of sp³-hybridized carbons (Fsp3) is 0.167. The standard InChI is InChI=1S/C24H22N4O4S2/c29-24(18-4-1-2-5-21(18)27-34(30,31)23-6-3-15-33-23)26-20-7-8-22(28-11-13-32-14-12-28)17-9-10-25-16-19(17)20/h1-10,15-16,27H,11-14H2,(H,26,29). The number of sulfonamides is 1. The molecule has 1 amide bonds. The first-order valence-corrected chi connectivity index (χ1v) is 13.1. The van der Waals surface area contributed by atoms with Crippen LogP contribution in [-0.4, -0.2) is 45.6 Å². The lowest BCUT2D eigenvalue weighted by molar-refractivity contribution is 0.102. The average Bonchev–Trinajstić information content (AvgIpc) is 3.41. The Hall–Kier alpha value is -3.47. The van der Waals surface area contributed by atoms with Crippen molar-refractivity contribution in [1.29, 1.82) is 0 Å². The molecule has 1 fully saturated rings. The molecule has 0 unspecified atom stereocenters. The molecule has 1 aliphatic heterocycles. The highest BCUT2D eigenvalue weighted by Crippen LogP contribution is 2.33. The molecule has 0 spiro atoms. The number of benzene rings is 2. The van der Waals surface area contributed by atoms with Gasteiger partial charge in [-0.25, -0.2) is 8.42 Å². The zero-order valence-electron chi connectivity index (χ0n) is 18.1. The molecule has 0 atom stereocenters. The van der Waals surface area contributed by atoms with Crippen molar-refractivity contribution in [3.05, 3.63) is 77.9 Å². The Morgan fingerprint density at radius 3 is 2.59 bits per heavy atom. The van der Waals surface area contributed by atoms with E-state index in [1.54, 1.807) is 48.1 Å². The fourth-order valence-electron chi connectivity index (χ4n) is 3.93. The lowest BCUT2D eigenvalue weighted by Crippen LogP contribution is -2.36. The second kappa shape index (κ2) is 9.41. The number of thiophene rings is 1. The van der Waals surface area contributed by atoms with E-state index in [1.165, 1.54) is 6.07 Å². The van der Waals surface area contributed by atoms with E-state index in [2.05, 4.69) is 19.9 Å². The smallest absolute Gasteiger partial charge is 0.271 e. The van der Waals surface area contributed by atoms with Gasteiger partial charge in [-0.3, -0.25) is 14.5 Å². The number of nitrogens with zero attached hydrogens (tertiary/aromatic N) is 2. The van der Waals surface area contributed by atoms with Crippen molar-refractivity contribution < 1.29 is 17.9 Å². The predicted octanol–water partition coefficient (Wildman–Crippen LogP) is 4.19. The number of ether oxygens (including phenoxy) is 1. The van der Waals surface area contributed by atoms with Crippen LogP contribution in [0.1, 0.15) is 10.4 Å². The Balaban J connectivity index is 1.45. The summed E-state index contributed by atoms with van der Waals surface area (Å²) in [5, 5.41) is 6.40. The number of rotatable bonds is 6. The van der Waals surface area contributed by atoms with E-state index < -0.39 is 15.9 Å². The van der Waals surface area contributed by atoms with Crippen molar-refractivity contribution in [2.45, 2.75) is 4.21 Å². The van der Waals surface area contributed by atoms with Gasteiger partial charge in [0.15, 0.2) is 0 Å². The Morgan fingerprint density at radius 2 is 1.79 bits per heavy atom. The summed E-state index contributed by atoms with van der Waals surface area (Å²) in [5.74, 6) is -0.422. The number of pyridine rings is 1. The van der Waals surface area contributed by atoms with Gasteiger partial charge in [-0.1, -0.05) is 18.2 Å². The molecule has 3 heterocycles. The first-order valence-electron chi connectivity index (χ1n) is 10.7. The lowest BCUT2D eigenvalue weighted by atomic mass is 10.1. The largest absolute Gasteiger partial charge is 0.378 e. The number of aromatic nitrogens is 1. The van der Waals surface area contributed by atoms with Gasteiger partial charge >= 0.3 is 0 Å². The Bertz CT molecular complexity index is 1430. The highest BCUT2D eigenvalue weighted by molar-refractivity contribution is 7.94. The predicted molar refractivity (Wildman–Crippen MR) is 134 cm³/mol. The first kappa shape index (κ1) is 22.3. The minimum Gasteiger partial charge on any atom is -0.378 e. The summed E-state index contributed by atoms with van der Waals surface area (Å²) in [4.78, 5) is 19.8. The van der Waals surface area contributed by atoms with Gasteiger partial charge < -0.3 is 15.0 Å². The number of morpholine rings is 1. The number of para-hydroxylation sites is 1. The monoisotopic (exact) mass is 494 g/mol. The van der Waals surface area contributed by atoms with Gasteiger partial charge in [-0.2, -0.15) is 0 Å². The fourth-order valence-corrected chi connectivity index (χ4v) is 6.01. The maximum absolute atomic E-state index is 13.2. The number of hydrogen-bond donors (Lipinski definition) is 2. The van der Waals surface area contributed by atoms with Gasteiger partial charge in [0, 0.05) is 41.9 Å². The minimum atomic E-state index is -3.79. The number of nitrogens with one attached hydrogen (secondary N) is 2. The first-order chi connectivity index (χ1) is 16.5. The molecule has 4 aromatic rings. The van der Waals surface area contributed by atoms with Gasteiger partial charge in [0.1, 0.15) is 4.21 Å². The highest BCUT2D eigenvalue weighted by atomic mass is 32.2. The SMILES string of the molecule is O=C(Nc1ccc(N2CCOCC2)c2ccncc12)c1ccccc1NS(=O)(=O)c1cccs1. The van der Waals surface area contributed by atoms with E-state index in [9.17, 15) is 13.2 Å². The molecule has 1 saturated heterocycles. The minimum absolute atomic E-state index is 0.179. The van der Waals surface area contributed by atoms with Crippen LogP contribution < -0.4 is 14.9 Å². The van der Waals surface area contributed by atoms with Crippen molar-refractivity contribution in [3.63, 3.8) is 0 Å². The number of carbonyl (C=O) groups is 1. The molecule has 8 nitrogen and oxygen atoms in total. The van der Waals surface area contributed by atoms with Crippen molar-refractivity contribution in [2.24, 2.45) is 0 Å². The summed E-state index contributed by atoms with van der Waals surface area (Å²) in [6.45, 7) is 2.92. The lowest BCUT2D eigenvalue weighted by Gasteiger charge is -2.30. The zero-order valence-corrected chi connectivity index (χ0v) is 19.7. The van der Waals surface area contributed by atoms with Gasteiger partial charge in [0.05, 0.1) is 30.2 Å². The Morgan fingerprint density at radius 1 is 0.971 bits per heavy atom. The molecule has 2 aromatic heterocycles. The van der Waals surface area contributed by atoms with Crippen molar-refractivity contribution in [3.8, 4) is 0 Å². The normalized spacial score (nSPS) is 14.2. The van der Waals surface area contributed by atoms with Crippen molar-refractivity contribution in [2.75, 3.05) is 41.2 Å². The van der Waals surface area contributed by atoms with Crippen molar-refractivity contribution >= 4 is 55.1 Å². The summed E-state index contributed by atoms with van der Waals surface area (Å²) in [5.41, 5.74) is 2.08. The van der Waals surface area contributed by atoms with Gasteiger partial charge in [0.25, 0.3) is 15.9 Å². The summed E-state index contributed by atoms with van der Waals surface area (Å²) in [7, 11) is -3.79. The van der Waals surface area contributed by atoms with Crippen LogP contribution in [0.15, 0.2) is 76.6 Å². The molecular weight excluding hydrogens is 472 g/mol. The average molecular weight is 495 g/mol. The Kier molecular flexibility index (Phi) is 6.18. The van der Waals surface area contributed by atoms with E-state index in [0.29, 0.717) is 18.9 Å². The third-order valence-corrected chi connectivity index (χ3v) is 8.33. The van der Waals surface area contributed by atoms with Crippen LogP contribution in [0.4, 0.5) is 17.1 Å². The maximum Gasteiger partial charge on any atom is 0.271 e. The third kappa shape index (κ3) is 4.47. The number of hydrogen-bond acceptors (Lipinski definition) is 7. The molecule has 2 N–H and O–H groups in total. The quantitative estimate of drug-likeness (QED) is 0.417. The molecule has 0 radical (unpaired) electrons. The van der Waals surface area contributed by atoms with Crippen LogP contribution in [0.5, 0.6) is 0 Å². The van der Waals surface area contributed by atoms with E-state index in [1.807, 2.05) is 18.2 Å². The Labute approximate surface area is 201 Å². The maximum atomic E-state index is 13.2. The summed E-state index contributed by atoms with van der Waals surface area (Å²) in [6, 6.07) is 15.5. The molecule has 10 heteroatoms. The highest BCUT2D eigenvalue weighted by Gasteiger charge is 2.21. The zero-order chi connectivity index (χ0) is 23.5.